The first-order chi connectivity index (χ1) is 24.7. The molecule has 2 fully saturated rings. The highest BCUT2D eigenvalue weighted by Gasteiger charge is 2.29. The van der Waals surface area contributed by atoms with Crippen LogP contribution in [-0.2, 0) is 0 Å². The van der Waals surface area contributed by atoms with E-state index in [9.17, 15) is 8.78 Å². The first kappa shape index (κ1) is 35.4. The summed E-state index contributed by atoms with van der Waals surface area (Å²) in [6, 6.07) is 8.35. The summed E-state index contributed by atoms with van der Waals surface area (Å²) in [5.41, 5.74) is 5.43. The second-order valence-corrected chi connectivity index (χ2v) is 16.1. The maximum atomic E-state index is 13.7. The lowest BCUT2D eigenvalue weighted by atomic mass is 9.98. The van der Waals surface area contributed by atoms with Crippen molar-refractivity contribution in [3.8, 4) is 16.9 Å². The number of piperidine rings is 1. The molecule has 3 aromatic heterocycles. The Morgan fingerprint density at radius 2 is 1.71 bits per heavy atom. The average molecular weight is 781 g/mol. The van der Waals surface area contributed by atoms with Crippen LogP contribution in [0.15, 0.2) is 59.7 Å². The number of anilines is 5. The molecule has 0 atom stereocenters. The van der Waals surface area contributed by atoms with Gasteiger partial charge >= 0.3 is 6.55 Å². The number of methoxy groups -OCH3 is 1. The summed E-state index contributed by atoms with van der Waals surface area (Å²) in [4.78, 5) is 25.8. The molecule has 0 amide bonds. The lowest BCUT2D eigenvalue weighted by Crippen LogP contribution is -2.52. The lowest BCUT2D eigenvalue weighted by Gasteiger charge is -2.43. The van der Waals surface area contributed by atoms with Crippen LogP contribution >= 0.6 is 23.9 Å². The topological polar surface area (TPSA) is 112 Å². The van der Waals surface area contributed by atoms with Gasteiger partial charge in [0.05, 0.1) is 34.5 Å². The van der Waals surface area contributed by atoms with E-state index in [0.29, 0.717) is 44.0 Å². The number of hydrogen-bond acceptors (Lipinski definition) is 11. The molecule has 12 nitrogen and oxygen atoms in total. The molecule has 51 heavy (non-hydrogen) atoms. The molecular formula is C35H41BrF2N11OP. The molecule has 0 saturated carbocycles. The average Bonchev–Trinajstić information content (AvgIpc) is 3.64. The maximum absolute atomic E-state index is 13.7. The number of aromatic nitrogens is 6. The summed E-state index contributed by atoms with van der Waals surface area (Å²) in [7, 11) is 3.25. The van der Waals surface area contributed by atoms with Gasteiger partial charge in [0, 0.05) is 104 Å². The normalized spacial score (nSPS) is 16.4. The van der Waals surface area contributed by atoms with E-state index in [4.69, 9.17) is 9.72 Å². The first-order valence-corrected chi connectivity index (χ1v) is 19.9. The van der Waals surface area contributed by atoms with E-state index in [-0.39, 0.29) is 0 Å². The molecule has 0 bridgehead atoms. The number of likely N-dealkylation sites (N-methyl/N-ethyl adjacent to an activating group) is 1. The molecule has 5 heterocycles. The third-order valence-corrected chi connectivity index (χ3v) is 11.5. The number of nitrogens with zero attached hydrogens (tertiary/aromatic N) is 9. The Hall–Kier alpha value is -4.04. The van der Waals surface area contributed by atoms with E-state index in [2.05, 4.69) is 81.7 Å². The molecule has 2 aromatic carbocycles. The summed E-state index contributed by atoms with van der Waals surface area (Å²) in [5, 5.41) is 11.9. The molecule has 0 unspecified atom stereocenters. The minimum absolute atomic E-state index is 0.325. The fourth-order valence-electron chi connectivity index (χ4n) is 6.91. The van der Waals surface area contributed by atoms with Gasteiger partial charge in [0.2, 0.25) is 5.95 Å². The van der Waals surface area contributed by atoms with Crippen molar-refractivity contribution in [3.05, 3.63) is 59.7 Å². The monoisotopic (exact) mass is 779 g/mol. The number of hydrogen-bond donors (Lipinski definition) is 2. The zero-order valence-electron chi connectivity index (χ0n) is 29.0. The highest BCUT2D eigenvalue weighted by atomic mass is 79.9. The molecule has 2 aliphatic rings. The predicted octanol–water partition coefficient (Wildman–Crippen LogP) is 6.52. The first-order valence-electron chi connectivity index (χ1n) is 16.9. The van der Waals surface area contributed by atoms with Crippen molar-refractivity contribution >= 4 is 69.0 Å². The molecule has 7 rings (SSSR count). The van der Waals surface area contributed by atoms with Gasteiger partial charge in [0.1, 0.15) is 11.6 Å². The lowest BCUT2D eigenvalue weighted by molar-refractivity contribution is 0.0566. The Labute approximate surface area is 305 Å². The molecule has 2 aliphatic heterocycles. The standard InChI is InChI=1S/C35H41BrF2N11OP/c1-46-13-15-47(16-14-46)23-7-11-48(12-8-23)29-18-30(50-2)28(17-24(29)22-19-42-49(21-22)34(37)38)44-35-41-20-25(36)33(45-35)43-27-6-5-26-31(32(27)51(3)4)40-10-9-39-26/h5-6,9-10,17-21,23,34H,7-8,11-16H2,1-4H3,(H2,41,43,44,45). The van der Waals surface area contributed by atoms with E-state index < -0.39 is 14.5 Å². The Morgan fingerprint density at radius 3 is 2.41 bits per heavy atom. The molecule has 16 heteroatoms. The molecule has 5 aromatic rings. The third-order valence-electron chi connectivity index (χ3n) is 9.59. The van der Waals surface area contributed by atoms with Gasteiger partial charge in [-0.1, -0.05) is 7.92 Å². The SMILES string of the molecule is COc1cc(N2CCC(N3CCN(C)CC3)CC2)c(-c2cnn(C(F)F)c2)cc1Nc1ncc(Br)c(Nc2ccc3nccnc3c2P(C)C)n1. The maximum Gasteiger partial charge on any atom is 0.333 e. The fraction of sp³-hybridized carbons (Fsp3) is 0.400. The van der Waals surface area contributed by atoms with Crippen molar-refractivity contribution in [2.75, 3.05) is 82.3 Å². The van der Waals surface area contributed by atoms with Crippen LogP contribution < -0.4 is 25.6 Å². The second-order valence-electron chi connectivity index (χ2n) is 13.0. The van der Waals surface area contributed by atoms with Crippen molar-refractivity contribution in [3.63, 3.8) is 0 Å². The van der Waals surface area contributed by atoms with Crippen LogP contribution in [0.3, 0.4) is 0 Å². The quantitative estimate of drug-likeness (QED) is 0.151. The van der Waals surface area contributed by atoms with Crippen LogP contribution in [0.5, 0.6) is 5.75 Å². The summed E-state index contributed by atoms with van der Waals surface area (Å²) in [6.45, 7) is 7.64. The van der Waals surface area contributed by atoms with Crippen LogP contribution in [0, 0.1) is 0 Å². The number of alkyl halides is 2. The van der Waals surface area contributed by atoms with E-state index in [0.717, 1.165) is 85.4 Å². The number of rotatable bonds is 10. The van der Waals surface area contributed by atoms with Gasteiger partial charge in [-0.05, 0) is 67.3 Å². The smallest absolute Gasteiger partial charge is 0.333 e. The minimum atomic E-state index is -2.74. The zero-order valence-corrected chi connectivity index (χ0v) is 31.5. The van der Waals surface area contributed by atoms with Crippen LogP contribution in [0.25, 0.3) is 22.2 Å². The highest BCUT2D eigenvalue weighted by molar-refractivity contribution is 9.10. The predicted molar refractivity (Wildman–Crippen MR) is 204 cm³/mol. The van der Waals surface area contributed by atoms with Crippen molar-refractivity contribution in [1.29, 1.82) is 0 Å². The summed E-state index contributed by atoms with van der Waals surface area (Å²) in [6.07, 6.45) is 9.99. The number of benzene rings is 2. The van der Waals surface area contributed by atoms with Gasteiger partial charge in [-0.2, -0.15) is 18.9 Å². The second kappa shape index (κ2) is 15.3. The van der Waals surface area contributed by atoms with E-state index in [1.165, 1.54) is 12.4 Å². The van der Waals surface area contributed by atoms with Gasteiger partial charge in [0.25, 0.3) is 0 Å². The van der Waals surface area contributed by atoms with Gasteiger partial charge in [-0.3, -0.25) is 14.9 Å². The van der Waals surface area contributed by atoms with Crippen molar-refractivity contribution in [2.24, 2.45) is 0 Å². The molecule has 268 valence electrons. The number of piperazine rings is 1. The number of ether oxygens (including phenoxy) is 1. The van der Waals surface area contributed by atoms with Gasteiger partial charge in [-0.25, -0.2) is 9.67 Å². The van der Waals surface area contributed by atoms with Crippen LogP contribution in [0.1, 0.15) is 19.4 Å². The number of nitrogens with one attached hydrogen (secondary N) is 2. The Morgan fingerprint density at radius 1 is 0.941 bits per heavy atom. The molecule has 0 aliphatic carbocycles. The van der Waals surface area contributed by atoms with Crippen LogP contribution in [0.2, 0.25) is 0 Å². The Bertz CT molecular complexity index is 2000. The molecule has 2 saturated heterocycles. The summed E-state index contributed by atoms with van der Waals surface area (Å²) >= 11 is 3.61. The molecular weight excluding hydrogens is 739 g/mol. The largest absolute Gasteiger partial charge is 0.494 e. The summed E-state index contributed by atoms with van der Waals surface area (Å²) in [5.74, 6) is 1.47. The Balaban J connectivity index is 1.19. The van der Waals surface area contributed by atoms with Gasteiger partial charge < -0.3 is 25.2 Å². The van der Waals surface area contributed by atoms with E-state index in [1.807, 2.05) is 24.3 Å². The van der Waals surface area contributed by atoms with E-state index in [1.54, 1.807) is 25.7 Å². The number of halogens is 3. The van der Waals surface area contributed by atoms with Gasteiger partial charge in [0.15, 0.2) is 0 Å². The van der Waals surface area contributed by atoms with Gasteiger partial charge in [-0.15, -0.1) is 0 Å². The zero-order chi connectivity index (χ0) is 35.6. The number of fused-ring (bicyclic) bond motifs is 1. The summed E-state index contributed by atoms with van der Waals surface area (Å²) < 4.78 is 34.6. The minimum Gasteiger partial charge on any atom is -0.494 e. The molecule has 2 N–H and O–H groups in total. The van der Waals surface area contributed by atoms with Crippen molar-refractivity contribution < 1.29 is 13.5 Å². The fourth-order valence-corrected chi connectivity index (χ4v) is 8.41. The van der Waals surface area contributed by atoms with Crippen molar-refractivity contribution in [1.82, 2.24) is 39.5 Å². The molecule has 0 radical (unpaired) electrons. The third kappa shape index (κ3) is 7.62. The highest BCUT2D eigenvalue weighted by Crippen LogP contribution is 2.42. The molecule has 0 spiro atoms. The van der Waals surface area contributed by atoms with Crippen molar-refractivity contribution in [2.45, 2.75) is 25.4 Å². The van der Waals surface area contributed by atoms with E-state index >= 15 is 0 Å². The van der Waals surface area contributed by atoms with Crippen LogP contribution in [-0.4, -0.2) is 112 Å². The van der Waals surface area contributed by atoms with Crippen LogP contribution in [0.4, 0.5) is 37.6 Å². The Kier molecular flexibility index (Phi) is 10.6.